The maximum Gasteiger partial charge on any atom is 0.193 e. The molecular formula is C18H25IN4OS. The van der Waals surface area contributed by atoms with E-state index in [9.17, 15) is 0 Å². The first-order chi connectivity index (χ1) is 11.8. The Morgan fingerprint density at radius 3 is 3.04 bits per heavy atom. The Hall–Kier alpha value is -1.16. The van der Waals surface area contributed by atoms with E-state index in [0.29, 0.717) is 19.1 Å². The predicted octanol–water partition coefficient (Wildman–Crippen LogP) is 3.30. The van der Waals surface area contributed by atoms with Crippen molar-refractivity contribution in [3.05, 3.63) is 51.7 Å². The summed E-state index contributed by atoms with van der Waals surface area (Å²) in [5.41, 5.74) is 9.51. The summed E-state index contributed by atoms with van der Waals surface area (Å²) >= 11 is 1.87. The molecule has 0 fully saturated rings. The van der Waals surface area contributed by atoms with Crippen LogP contribution in [0, 0.1) is 0 Å². The topological polar surface area (TPSA) is 62.9 Å². The lowest BCUT2D eigenvalue weighted by Crippen LogP contribution is -2.32. The maximum absolute atomic E-state index is 6.03. The Morgan fingerprint density at radius 2 is 2.20 bits per heavy atom. The molecule has 0 atom stereocenters. The van der Waals surface area contributed by atoms with Crippen molar-refractivity contribution in [3.8, 4) is 0 Å². The summed E-state index contributed by atoms with van der Waals surface area (Å²) in [5.74, 6) is 0.451. The number of rotatable bonds is 6. The summed E-state index contributed by atoms with van der Waals surface area (Å²) in [7, 11) is 1.69. The molecule has 3 N–H and O–H groups in total. The zero-order valence-electron chi connectivity index (χ0n) is 14.4. The minimum absolute atomic E-state index is 0. The normalized spacial score (nSPS) is 14.7. The third-order valence-corrected chi connectivity index (χ3v) is 5.19. The van der Waals surface area contributed by atoms with E-state index in [-0.39, 0.29) is 24.0 Å². The number of anilines is 1. The van der Waals surface area contributed by atoms with Crippen LogP contribution in [-0.2, 0) is 24.3 Å². The molecular weight excluding hydrogens is 447 g/mol. The van der Waals surface area contributed by atoms with Gasteiger partial charge in [-0.1, -0.05) is 18.2 Å². The lowest BCUT2D eigenvalue weighted by atomic mass is 10.1. The average molecular weight is 472 g/mol. The van der Waals surface area contributed by atoms with E-state index >= 15 is 0 Å². The predicted molar refractivity (Wildman–Crippen MR) is 116 cm³/mol. The molecule has 2 heterocycles. The fraction of sp³-hybridized carbons (Fsp3) is 0.389. The van der Waals surface area contributed by atoms with Crippen molar-refractivity contribution in [1.29, 1.82) is 0 Å². The average Bonchev–Trinajstić information content (AvgIpc) is 3.04. The van der Waals surface area contributed by atoms with Crippen molar-refractivity contribution in [3.63, 3.8) is 0 Å². The highest BCUT2D eigenvalue weighted by atomic mass is 127. The number of hydrogen-bond donors (Lipinski definition) is 2. The van der Waals surface area contributed by atoms with Crippen molar-refractivity contribution in [2.75, 3.05) is 32.1 Å². The van der Waals surface area contributed by atoms with Gasteiger partial charge in [-0.25, -0.2) is 0 Å². The Balaban J connectivity index is 0.00000225. The number of guanidine groups is 1. The van der Waals surface area contributed by atoms with Crippen LogP contribution in [0.3, 0.4) is 0 Å². The van der Waals surface area contributed by atoms with Crippen LogP contribution >= 0.6 is 35.3 Å². The number of fused-ring (bicyclic) bond motifs is 1. The maximum atomic E-state index is 6.03. The monoisotopic (exact) mass is 472 g/mol. The van der Waals surface area contributed by atoms with Gasteiger partial charge in [0.15, 0.2) is 5.96 Å². The van der Waals surface area contributed by atoms with Crippen LogP contribution < -0.4 is 11.1 Å². The second kappa shape index (κ2) is 10.1. The van der Waals surface area contributed by atoms with E-state index in [4.69, 9.17) is 10.5 Å². The van der Waals surface area contributed by atoms with Gasteiger partial charge in [-0.3, -0.25) is 9.89 Å². The molecule has 0 radical (unpaired) electrons. The largest absolute Gasteiger partial charge is 0.380 e. The molecule has 0 amide bonds. The fourth-order valence-electron chi connectivity index (χ4n) is 2.91. The molecule has 0 unspecified atom stereocenters. The van der Waals surface area contributed by atoms with Crippen molar-refractivity contribution in [2.45, 2.75) is 19.6 Å². The molecule has 0 saturated heterocycles. The minimum Gasteiger partial charge on any atom is -0.380 e. The number of ether oxygens (including phenoxy) is 1. The molecule has 5 nitrogen and oxygen atoms in total. The third kappa shape index (κ3) is 5.67. The number of hydrogen-bond acceptors (Lipinski definition) is 4. The lowest BCUT2D eigenvalue weighted by Gasteiger charge is -2.26. The summed E-state index contributed by atoms with van der Waals surface area (Å²) in [4.78, 5) is 8.43. The molecule has 1 aromatic heterocycles. The highest BCUT2D eigenvalue weighted by Gasteiger charge is 2.16. The summed E-state index contributed by atoms with van der Waals surface area (Å²) in [6.45, 7) is 4.31. The minimum atomic E-state index is 0. The number of benzene rings is 1. The number of aliphatic imine (C=N–C) groups is 1. The van der Waals surface area contributed by atoms with Gasteiger partial charge >= 0.3 is 0 Å². The van der Waals surface area contributed by atoms with Crippen LogP contribution in [0.1, 0.15) is 16.0 Å². The van der Waals surface area contributed by atoms with Crippen molar-refractivity contribution < 1.29 is 4.74 Å². The number of nitrogens with two attached hydrogens (primary N) is 1. The molecule has 0 bridgehead atoms. The standard InChI is InChI=1S/C18H24N4OS.HI/c1-23-13-15-4-2-3-5-16(15)21-18(19)20-8-10-22-9-6-17-14(12-22)7-11-24-17;/h2-5,7,11H,6,8-10,12-13H2,1H3,(H3,19,20,21);1H. The van der Waals surface area contributed by atoms with Crippen LogP contribution in [-0.4, -0.2) is 37.6 Å². The second-order valence-corrected chi connectivity index (χ2v) is 6.88. The lowest BCUT2D eigenvalue weighted by molar-refractivity contribution is 0.185. The zero-order chi connectivity index (χ0) is 16.8. The van der Waals surface area contributed by atoms with Gasteiger partial charge in [0, 0.05) is 42.9 Å². The van der Waals surface area contributed by atoms with Gasteiger partial charge in [0.2, 0.25) is 0 Å². The quantitative estimate of drug-likeness (QED) is 0.385. The molecule has 0 aliphatic carbocycles. The highest BCUT2D eigenvalue weighted by Crippen LogP contribution is 2.23. The number of nitrogens with zero attached hydrogens (tertiary/aromatic N) is 2. The van der Waals surface area contributed by atoms with Crippen LogP contribution in [0.15, 0.2) is 40.7 Å². The molecule has 136 valence electrons. The van der Waals surface area contributed by atoms with Gasteiger partial charge in [0.05, 0.1) is 13.2 Å². The van der Waals surface area contributed by atoms with Gasteiger partial charge < -0.3 is 15.8 Å². The number of methoxy groups -OCH3 is 1. The van der Waals surface area contributed by atoms with Gasteiger partial charge in [0.1, 0.15) is 0 Å². The Morgan fingerprint density at radius 1 is 1.36 bits per heavy atom. The number of para-hydroxylation sites is 1. The number of nitrogens with one attached hydrogen (secondary N) is 1. The smallest absolute Gasteiger partial charge is 0.193 e. The first kappa shape index (κ1) is 20.2. The molecule has 3 rings (SSSR count). The molecule has 0 spiro atoms. The Labute approximate surface area is 170 Å². The number of thiophene rings is 1. The van der Waals surface area contributed by atoms with Crippen LogP contribution in [0.2, 0.25) is 0 Å². The van der Waals surface area contributed by atoms with Gasteiger partial charge in [0.25, 0.3) is 0 Å². The molecule has 1 aliphatic rings. The molecule has 2 aromatic rings. The van der Waals surface area contributed by atoms with Crippen LogP contribution in [0.4, 0.5) is 5.69 Å². The molecule has 25 heavy (non-hydrogen) atoms. The van der Waals surface area contributed by atoms with E-state index in [2.05, 4.69) is 26.7 Å². The summed E-state index contributed by atoms with van der Waals surface area (Å²) < 4.78 is 5.21. The Bertz CT molecular complexity index is 704. The second-order valence-electron chi connectivity index (χ2n) is 5.88. The van der Waals surface area contributed by atoms with Gasteiger partial charge in [-0.2, -0.15) is 0 Å². The molecule has 7 heteroatoms. The van der Waals surface area contributed by atoms with E-state index < -0.39 is 0 Å². The summed E-state index contributed by atoms with van der Waals surface area (Å²) in [6, 6.07) is 10.2. The van der Waals surface area contributed by atoms with Crippen molar-refractivity contribution in [2.24, 2.45) is 10.7 Å². The van der Waals surface area contributed by atoms with Gasteiger partial charge in [-0.05, 0) is 29.5 Å². The van der Waals surface area contributed by atoms with E-state index in [1.165, 1.54) is 10.4 Å². The van der Waals surface area contributed by atoms with Gasteiger partial charge in [-0.15, -0.1) is 35.3 Å². The van der Waals surface area contributed by atoms with E-state index in [1.54, 1.807) is 7.11 Å². The third-order valence-electron chi connectivity index (χ3n) is 4.17. The van der Waals surface area contributed by atoms with E-state index in [1.807, 2.05) is 35.6 Å². The molecule has 1 aromatic carbocycles. The van der Waals surface area contributed by atoms with Crippen molar-refractivity contribution >= 4 is 47.0 Å². The Kier molecular flexibility index (Phi) is 8.14. The van der Waals surface area contributed by atoms with Crippen LogP contribution in [0.5, 0.6) is 0 Å². The first-order valence-electron chi connectivity index (χ1n) is 8.17. The first-order valence-corrected chi connectivity index (χ1v) is 9.05. The summed E-state index contributed by atoms with van der Waals surface area (Å²) in [5, 5.41) is 5.36. The molecule has 0 saturated carbocycles. The SMILES string of the molecule is COCc1ccccc1NC(N)=NCCN1CCc2sccc2C1.I. The van der Waals surface area contributed by atoms with E-state index in [0.717, 1.165) is 37.3 Å². The fourth-order valence-corrected chi connectivity index (χ4v) is 3.80. The molecule has 1 aliphatic heterocycles. The van der Waals surface area contributed by atoms with Crippen LogP contribution in [0.25, 0.3) is 0 Å². The highest BCUT2D eigenvalue weighted by molar-refractivity contribution is 14.0. The zero-order valence-corrected chi connectivity index (χ0v) is 17.6. The summed E-state index contributed by atoms with van der Waals surface area (Å²) in [6.07, 6.45) is 1.15. The van der Waals surface area contributed by atoms with Crippen molar-refractivity contribution in [1.82, 2.24) is 4.90 Å². The number of halogens is 1.